The van der Waals surface area contributed by atoms with Crippen LogP contribution in [0, 0.1) is 5.92 Å². The molecule has 2 fully saturated rings. The Morgan fingerprint density at radius 2 is 1.84 bits per heavy atom. The standard InChI is InChI=1S/C19H28N2O4/c22-16-6-7-17(18(23)12-16)15-8-10-21(11-9-15)25-19(24)20-13-14-4-2-1-3-5-14/h6-7,12,14-15,22-23H,1-5,8-11,13H2,(H,20,24). The lowest BCUT2D eigenvalue weighted by Gasteiger charge is -2.31. The Kier molecular flexibility index (Phi) is 6.02. The molecule has 138 valence electrons. The summed E-state index contributed by atoms with van der Waals surface area (Å²) in [6, 6.07) is 4.73. The van der Waals surface area contributed by atoms with Gasteiger partial charge in [0, 0.05) is 25.7 Å². The molecule has 1 saturated carbocycles. The zero-order chi connectivity index (χ0) is 17.6. The Hall–Kier alpha value is -1.95. The summed E-state index contributed by atoms with van der Waals surface area (Å²) >= 11 is 0. The second kappa shape index (κ2) is 8.43. The number of carbonyl (C=O) groups excluding carboxylic acids is 1. The van der Waals surface area contributed by atoms with Crippen molar-refractivity contribution < 1.29 is 19.8 Å². The van der Waals surface area contributed by atoms with Crippen LogP contribution in [-0.4, -0.2) is 41.0 Å². The number of piperidine rings is 1. The van der Waals surface area contributed by atoms with Crippen LogP contribution >= 0.6 is 0 Å². The van der Waals surface area contributed by atoms with Crippen LogP contribution in [0.25, 0.3) is 0 Å². The summed E-state index contributed by atoms with van der Waals surface area (Å²) in [5, 5.41) is 24.0. The average Bonchev–Trinajstić information content (AvgIpc) is 2.62. The van der Waals surface area contributed by atoms with Crippen molar-refractivity contribution in [3.8, 4) is 11.5 Å². The number of hydrogen-bond donors (Lipinski definition) is 3. The summed E-state index contributed by atoms with van der Waals surface area (Å²) in [4.78, 5) is 17.4. The molecule has 25 heavy (non-hydrogen) atoms. The van der Waals surface area contributed by atoms with E-state index in [0.717, 1.165) is 18.4 Å². The van der Waals surface area contributed by atoms with Crippen LogP contribution in [-0.2, 0) is 4.84 Å². The van der Waals surface area contributed by atoms with Gasteiger partial charge < -0.3 is 20.4 Å². The second-order valence-electron chi connectivity index (χ2n) is 7.21. The Bertz CT molecular complexity index is 579. The van der Waals surface area contributed by atoms with Crippen molar-refractivity contribution in [1.29, 1.82) is 0 Å². The highest BCUT2D eigenvalue weighted by molar-refractivity contribution is 5.66. The van der Waals surface area contributed by atoms with Gasteiger partial charge in [-0.2, -0.15) is 0 Å². The molecule has 0 aromatic heterocycles. The largest absolute Gasteiger partial charge is 0.508 e. The van der Waals surface area contributed by atoms with Crippen molar-refractivity contribution >= 4 is 6.09 Å². The molecule has 1 aliphatic heterocycles. The zero-order valence-electron chi connectivity index (χ0n) is 14.6. The van der Waals surface area contributed by atoms with E-state index in [1.54, 1.807) is 17.2 Å². The molecule has 1 aromatic rings. The van der Waals surface area contributed by atoms with E-state index in [0.29, 0.717) is 25.6 Å². The van der Waals surface area contributed by atoms with E-state index >= 15 is 0 Å². The van der Waals surface area contributed by atoms with E-state index < -0.39 is 0 Å². The van der Waals surface area contributed by atoms with Gasteiger partial charge in [-0.3, -0.25) is 0 Å². The van der Waals surface area contributed by atoms with Crippen LogP contribution in [0.15, 0.2) is 18.2 Å². The fraction of sp³-hybridized carbons (Fsp3) is 0.632. The van der Waals surface area contributed by atoms with Crippen molar-refractivity contribution in [3.05, 3.63) is 23.8 Å². The Balaban J connectivity index is 1.40. The number of carbonyl (C=O) groups is 1. The van der Waals surface area contributed by atoms with Gasteiger partial charge in [0.1, 0.15) is 11.5 Å². The van der Waals surface area contributed by atoms with Gasteiger partial charge in [-0.25, -0.2) is 4.79 Å². The molecule has 0 radical (unpaired) electrons. The average molecular weight is 348 g/mol. The molecule has 2 aliphatic rings. The Morgan fingerprint density at radius 3 is 2.52 bits per heavy atom. The fourth-order valence-electron chi connectivity index (χ4n) is 3.90. The summed E-state index contributed by atoms with van der Waals surface area (Å²) in [5.74, 6) is 0.997. The predicted octanol–water partition coefficient (Wildman–Crippen LogP) is 3.50. The van der Waals surface area contributed by atoms with Gasteiger partial charge in [0.05, 0.1) is 0 Å². The molecule has 0 atom stereocenters. The third-order valence-corrected chi connectivity index (χ3v) is 5.38. The summed E-state index contributed by atoms with van der Waals surface area (Å²) in [7, 11) is 0. The number of hydroxylamine groups is 2. The first-order chi connectivity index (χ1) is 12.1. The molecule has 1 saturated heterocycles. The minimum Gasteiger partial charge on any atom is -0.508 e. The van der Waals surface area contributed by atoms with E-state index in [-0.39, 0.29) is 23.5 Å². The van der Waals surface area contributed by atoms with Crippen LogP contribution in [0.1, 0.15) is 56.4 Å². The highest BCUT2D eigenvalue weighted by Gasteiger charge is 2.25. The van der Waals surface area contributed by atoms with E-state index in [2.05, 4.69) is 5.32 Å². The molecule has 0 spiro atoms. The summed E-state index contributed by atoms with van der Waals surface area (Å²) in [6.07, 6.45) is 7.47. The number of amides is 1. The van der Waals surface area contributed by atoms with Gasteiger partial charge in [0.15, 0.2) is 0 Å². The molecule has 1 aliphatic carbocycles. The monoisotopic (exact) mass is 348 g/mol. The third-order valence-electron chi connectivity index (χ3n) is 5.38. The summed E-state index contributed by atoms with van der Waals surface area (Å²) < 4.78 is 0. The van der Waals surface area contributed by atoms with Crippen LogP contribution in [0.5, 0.6) is 11.5 Å². The molecule has 3 N–H and O–H groups in total. The van der Waals surface area contributed by atoms with Crippen LogP contribution in [0.4, 0.5) is 4.79 Å². The maximum Gasteiger partial charge on any atom is 0.426 e. The SMILES string of the molecule is O=C(NCC1CCCCC1)ON1CCC(c2ccc(O)cc2O)CC1. The van der Waals surface area contributed by atoms with E-state index in [1.807, 2.05) is 0 Å². The topological polar surface area (TPSA) is 82.0 Å². The molecule has 3 rings (SSSR count). The minimum absolute atomic E-state index is 0.0663. The van der Waals surface area contributed by atoms with Gasteiger partial charge >= 0.3 is 6.09 Å². The molecule has 0 unspecified atom stereocenters. The van der Waals surface area contributed by atoms with Crippen molar-refractivity contribution in [2.24, 2.45) is 5.92 Å². The molecule has 1 heterocycles. The first-order valence-corrected chi connectivity index (χ1v) is 9.34. The molecule has 0 bridgehead atoms. The molecule has 1 amide bonds. The molecule has 6 heteroatoms. The molecular formula is C19H28N2O4. The lowest BCUT2D eigenvalue weighted by molar-refractivity contribution is -0.114. The second-order valence-corrected chi connectivity index (χ2v) is 7.21. The number of hydrogen-bond acceptors (Lipinski definition) is 5. The lowest BCUT2D eigenvalue weighted by atomic mass is 9.89. The number of rotatable bonds is 4. The normalized spacial score (nSPS) is 20.3. The van der Waals surface area contributed by atoms with Crippen LogP contribution in [0.3, 0.4) is 0 Å². The summed E-state index contributed by atoms with van der Waals surface area (Å²) in [5.41, 5.74) is 0.846. The van der Waals surface area contributed by atoms with Gasteiger partial charge in [0.2, 0.25) is 0 Å². The predicted molar refractivity (Wildman–Crippen MR) is 94.4 cm³/mol. The first kappa shape index (κ1) is 17.9. The number of nitrogens with zero attached hydrogens (tertiary/aromatic N) is 1. The smallest absolute Gasteiger partial charge is 0.426 e. The van der Waals surface area contributed by atoms with Crippen LogP contribution in [0.2, 0.25) is 0 Å². The first-order valence-electron chi connectivity index (χ1n) is 9.34. The zero-order valence-corrected chi connectivity index (χ0v) is 14.6. The highest BCUT2D eigenvalue weighted by atomic mass is 16.7. The van der Waals surface area contributed by atoms with Crippen molar-refractivity contribution in [2.75, 3.05) is 19.6 Å². The van der Waals surface area contributed by atoms with Gasteiger partial charge in [0.25, 0.3) is 0 Å². The lowest BCUT2D eigenvalue weighted by Crippen LogP contribution is -2.40. The van der Waals surface area contributed by atoms with E-state index in [4.69, 9.17) is 4.84 Å². The molecule has 1 aromatic carbocycles. The Labute approximate surface area is 148 Å². The minimum atomic E-state index is -0.364. The number of nitrogens with one attached hydrogen (secondary N) is 1. The maximum absolute atomic E-state index is 12.0. The van der Waals surface area contributed by atoms with Crippen LogP contribution < -0.4 is 5.32 Å². The van der Waals surface area contributed by atoms with Crippen molar-refractivity contribution in [3.63, 3.8) is 0 Å². The van der Waals surface area contributed by atoms with E-state index in [9.17, 15) is 15.0 Å². The van der Waals surface area contributed by atoms with Gasteiger partial charge in [-0.1, -0.05) is 25.3 Å². The highest BCUT2D eigenvalue weighted by Crippen LogP contribution is 2.35. The van der Waals surface area contributed by atoms with Gasteiger partial charge in [-0.15, -0.1) is 5.06 Å². The summed E-state index contributed by atoms with van der Waals surface area (Å²) in [6.45, 7) is 1.99. The third kappa shape index (κ3) is 5.01. The van der Waals surface area contributed by atoms with E-state index in [1.165, 1.54) is 38.2 Å². The number of phenolic OH excluding ortho intramolecular Hbond substituents is 2. The quantitative estimate of drug-likeness (QED) is 0.776. The maximum atomic E-state index is 12.0. The Morgan fingerprint density at radius 1 is 1.12 bits per heavy atom. The molecular weight excluding hydrogens is 320 g/mol. The number of phenols is 2. The van der Waals surface area contributed by atoms with Gasteiger partial charge in [-0.05, 0) is 49.1 Å². The fourth-order valence-corrected chi connectivity index (χ4v) is 3.90. The number of benzene rings is 1. The van der Waals surface area contributed by atoms with Crippen molar-refractivity contribution in [1.82, 2.24) is 10.4 Å². The van der Waals surface area contributed by atoms with Crippen molar-refractivity contribution in [2.45, 2.75) is 50.9 Å². The molecule has 6 nitrogen and oxygen atoms in total. The number of aromatic hydroxyl groups is 2.